The Balaban J connectivity index is 1.47. The molecule has 0 bridgehead atoms. The van der Waals surface area contributed by atoms with Crippen molar-refractivity contribution in [1.29, 1.82) is 0 Å². The van der Waals surface area contributed by atoms with Crippen molar-refractivity contribution in [3.63, 3.8) is 0 Å². The number of benzene rings is 1. The number of nitrogens with zero attached hydrogens (tertiary/aromatic N) is 1. The molecule has 0 aromatic heterocycles. The second-order valence-corrected chi connectivity index (χ2v) is 7.45. The van der Waals surface area contributed by atoms with Crippen LogP contribution in [0.3, 0.4) is 0 Å². The SMILES string of the molecule is O=C1CCC(N2Cc3cccc(CN[C@H]4CN[C@@H](CO)C4)c3C2=O)C(=O)N1. The molecule has 3 aliphatic rings. The van der Waals surface area contributed by atoms with Gasteiger partial charge >= 0.3 is 0 Å². The summed E-state index contributed by atoms with van der Waals surface area (Å²) in [6, 6.07) is 5.56. The number of hydrogen-bond donors (Lipinski definition) is 4. The maximum Gasteiger partial charge on any atom is 0.255 e. The smallest absolute Gasteiger partial charge is 0.255 e. The zero-order chi connectivity index (χ0) is 19.0. The van der Waals surface area contributed by atoms with Crippen molar-refractivity contribution in [3.05, 3.63) is 34.9 Å². The third kappa shape index (κ3) is 3.47. The molecule has 1 aromatic carbocycles. The van der Waals surface area contributed by atoms with Gasteiger partial charge in [-0.05, 0) is 24.0 Å². The van der Waals surface area contributed by atoms with Crippen LogP contribution in [0.2, 0.25) is 0 Å². The Morgan fingerprint density at radius 3 is 2.85 bits per heavy atom. The number of carbonyl (C=O) groups is 3. The number of hydrogen-bond acceptors (Lipinski definition) is 6. The minimum atomic E-state index is -0.590. The number of carbonyl (C=O) groups excluding carboxylic acids is 3. The Morgan fingerprint density at radius 2 is 2.11 bits per heavy atom. The van der Waals surface area contributed by atoms with E-state index >= 15 is 0 Å². The molecule has 3 atom stereocenters. The largest absolute Gasteiger partial charge is 0.395 e. The average Bonchev–Trinajstić information content (AvgIpc) is 3.25. The summed E-state index contributed by atoms with van der Waals surface area (Å²) in [5.74, 6) is -0.814. The van der Waals surface area contributed by atoms with Gasteiger partial charge in [0, 0.05) is 43.7 Å². The van der Waals surface area contributed by atoms with Gasteiger partial charge in [0.1, 0.15) is 6.04 Å². The summed E-state index contributed by atoms with van der Waals surface area (Å²) >= 11 is 0. The summed E-state index contributed by atoms with van der Waals surface area (Å²) in [6.07, 6.45) is 1.47. The lowest BCUT2D eigenvalue weighted by atomic mass is 10.0. The molecule has 144 valence electrons. The summed E-state index contributed by atoms with van der Waals surface area (Å²) in [6.45, 7) is 1.86. The molecule has 4 N–H and O–H groups in total. The fraction of sp³-hybridized carbons (Fsp3) is 0.526. The lowest BCUT2D eigenvalue weighted by Gasteiger charge is -2.29. The summed E-state index contributed by atoms with van der Waals surface area (Å²) in [5.41, 5.74) is 2.50. The number of imide groups is 1. The normalized spacial score (nSPS) is 27.8. The van der Waals surface area contributed by atoms with Gasteiger partial charge in [-0.15, -0.1) is 0 Å². The number of aliphatic hydroxyl groups excluding tert-OH is 1. The number of rotatable bonds is 5. The summed E-state index contributed by atoms with van der Waals surface area (Å²) in [7, 11) is 0. The number of fused-ring (bicyclic) bond motifs is 1. The Morgan fingerprint density at radius 1 is 1.26 bits per heavy atom. The van der Waals surface area contributed by atoms with E-state index in [1.165, 1.54) is 0 Å². The maximum atomic E-state index is 13.0. The monoisotopic (exact) mass is 372 g/mol. The summed E-state index contributed by atoms with van der Waals surface area (Å²) in [5, 5.41) is 18.3. The molecule has 1 unspecified atom stereocenters. The zero-order valence-electron chi connectivity index (χ0n) is 15.0. The highest BCUT2D eigenvalue weighted by atomic mass is 16.3. The Labute approximate surface area is 157 Å². The van der Waals surface area contributed by atoms with Crippen LogP contribution in [-0.2, 0) is 22.7 Å². The zero-order valence-corrected chi connectivity index (χ0v) is 15.0. The number of aliphatic hydroxyl groups is 1. The quantitative estimate of drug-likeness (QED) is 0.507. The Bertz CT molecular complexity index is 781. The van der Waals surface area contributed by atoms with Crippen molar-refractivity contribution in [3.8, 4) is 0 Å². The van der Waals surface area contributed by atoms with Gasteiger partial charge in [-0.3, -0.25) is 19.7 Å². The molecule has 27 heavy (non-hydrogen) atoms. The molecule has 4 rings (SSSR count). The van der Waals surface area contributed by atoms with E-state index < -0.39 is 6.04 Å². The molecule has 3 aliphatic heterocycles. The van der Waals surface area contributed by atoms with Gasteiger partial charge < -0.3 is 20.6 Å². The highest BCUT2D eigenvalue weighted by Gasteiger charge is 2.40. The topological polar surface area (TPSA) is 111 Å². The lowest BCUT2D eigenvalue weighted by Crippen LogP contribution is -2.52. The van der Waals surface area contributed by atoms with Crippen LogP contribution in [0.1, 0.15) is 40.7 Å². The predicted molar refractivity (Wildman–Crippen MR) is 96.6 cm³/mol. The van der Waals surface area contributed by atoms with Gasteiger partial charge in [0.05, 0.1) is 6.61 Å². The van der Waals surface area contributed by atoms with Crippen LogP contribution >= 0.6 is 0 Å². The van der Waals surface area contributed by atoms with E-state index in [1.54, 1.807) is 4.90 Å². The van der Waals surface area contributed by atoms with Crippen LogP contribution in [0.15, 0.2) is 18.2 Å². The van der Waals surface area contributed by atoms with Crippen LogP contribution in [0.4, 0.5) is 0 Å². The van der Waals surface area contributed by atoms with Crippen molar-refractivity contribution in [2.45, 2.75) is 50.5 Å². The molecular formula is C19H24N4O4. The van der Waals surface area contributed by atoms with Gasteiger partial charge in [0.25, 0.3) is 5.91 Å². The van der Waals surface area contributed by atoms with E-state index in [4.69, 9.17) is 0 Å². The molecule has 0 saturated carbocycles. The third-order valence-electron chi connectivity index (χ3n) is 5.66. The van der Waals surface area contributed by atoms with Crippen LogP contribution < -0.4 is 16.0 Å². The number of amides is 3. The molecule has 3 amide bonds. The highest BCUT2D eigenvalue weighted by Crippen LogP contribution is 2.30. The Hall–Kier alpha value is -2.29. The second-order valence-electron chi connectivity index (χ2n) is 7.45. The molecule has 3 heterocycles. The molecule has 0 radical (unpaired) electrons. The van der Waals surface area contributed by atoms with E-state index in [9.17, 15) is 19.5 Å². The molecule has 8 nitrogen and oxygen atoms in total. The van der Waals surface area contributed by atoms with Crippen molar-refractivity contribution in [2.75, 3.05) is 13.2 Å². The van der Waals surface area contributed by atoms with E-state index in [0.717, 1.165) is 24.1 Å². The van der Waals surface area contributed by atoms with Crippen molar-refractivity contribution < 1.29 is 19.5 Å². The van der Waals surface area contributed by atoms with Crippen LogP contribution in [-0.4, -0.2) is 59.0 Å². The van der Waals surface area contributed by atoms with Crippen molar-refractivity contribution in [2.24, 2.45) is 0 Å². The summed E-state index contributed by atoms with van der Waals surface area (Å²) < 4.78 is 0. The first kappa shape index (κ1) is 18.1. The molecule has 2 fully saturated rings. The molecule has 0 spiro atoms. The molecule has 2 saturated heterocycles. The van der Waals surface area contributed by atoms with Gasteiger partial charge in [-0.1, -0.05) is 18.2 Å². The molecule has 8 heteroatoms. The minimum absolute atomic E-state index is 0.119. The fourth-order valence-corrected chi connectivity index (χ4v) is 4.21. The van der Waals surface area contributed by atoms with Crippen molar-refractivity contribution in [1.82, 2.24) is 20.9 Å². The lowest BCUT2D eigenvalue weighted by molar-refractivity contribution is -0.136. The predicted octanol–water partition coefficient (Wildman–Crippen LogP) is -0.740. The molecule has 1 aromatic rings. The average molecular weight is 372 g/mol. The second kappa shape index (κ2) is 7.38. The standard InChI is InChI=1S/C19H24N4O4/c24-10-14-6-13(8-21-14)20-7-11-2-1-3-12-9-23(19(27)17(11)12)15-4-5-16(25)22-18(15)26/h1-3,13-15,20-21,24H,4-10H2,(H,22,25,26)/t13-,14-,15?/m1/s1. The molecule has 0 aliphatic carbocycles. The fourth-order valence-electron chi connectivity index (χ4n) is 4.21. The van der Waals surface area contributed by atoms with E-state index in [1.807, 2.05) is 18.2 Å². The number of nitrogens with one attached hydrogen (secondary N) is 3. The van der Waals surface area contributed by atoms with Crippen LogP contribution in [0.5, 0.6) is 0 Å². The molecular weight excluding hydrogens is 348 g/mol. The first-order chi connectivity index (χ1) is 13.1. The first-order valence-electron chi connectivity index (χ1n) is 9.40. The van der Waals surface area contributed by atoms with Crippen LogP contribution in [0.25, 0.3) is 0 Å². The number of piperidine rings is 1. The van der Waals surface area contributed by atoms with Gasteiger partial charge in [-0.2, -0.15) is 0 Å². The minimum Gasteiger partial charge on any atom is -0.395 e. The first-order valence-corrected chi connectivity index (χ1v) is 9.40. The maximum absolute atomic E-state index is 13.0. The van der Waals surface area contributed by atoms with Gasteiger partial charge in [0.2, 0.25) is 11.8 Å². The van der Waals surface area contributed by atoms with E-state index in [-0.39, 0.29) is 42.8 Å². The van der Waals surface area contributed by atoms with E-state index in [0.29, 0.717) is 25.1 Å². The highest BCUT2D eigenvalue weighted by molar-refractivity contribution is 6.05. The Kier molecular flexibility index (Phi) is 4.94. The summed E-state index contributed by atoms with van der Waals surface area (Å²) in [4.78, 5) is 38.2. The third-order valence-corrected chi connectivity index (χ3v) is 5.66. The van der Waals surface area contributed by atoms with Crippen molar-refractivity contribution >= 4 is 17.7 Å². The van der Waals surface area contributed by atoms with E-state index in [2.05, 4.69) is 16.0 Å². The van der Waals surface area contributed by atoms with Gasteiger partial charge in [-0.25, -0.2) is 0 Å². The van der Waals surface area contributed by atoms with Crippen LogP contribution in [0, 0.1) is 0 Å². The van der Waals surface area contributed by atoms with Gasteiger partial charge in [0.15, 0.2) is 0 Å².